The highest BCUT2D eigenvalue weighted by molar-refractivity contribution is 5.98. The number of rotatable bonds is 2. The van der Waals surface area contributed by atoms with E-state index in [-0.39, 0.29) is 5.54 Å². The van der Waals surface area contributed by atoms with Crippen molar-refractivity contribution in [2.24, 2.45) is 10.7 Å². The zero-order valence-corrected chi connectivity index (χ0v) is 9.74. The summed E-state index contributed by atoms with van der Waals surface area (Å²) in [5, 5.41) is 0. The summed E-state index contributed by atoms with van der Waals surface area (Å²) in [5.41, 5.74) is 6.63. The van der Waals surface area contributed by atoms with Gasteiger partial charge < -0.3 is 10.5 Å². The van der Waals surface area contributed by atoms with Crippen LogP contribution in [0.15, 0.2) is 29.3 Å². The van der Waals surface area contributed by atoms with Gasteiger partial charge in [0.1, 0.15) is 11.6 Å². The predicted molar refractivity (Wildman–Crippen MR) is 63.5 cm³/mol. The number of benzene rings is 1. The minimum Gasteiger partial charge on any atom is -0.497 e. The molecule has 15 heavy (non-hydrogen) atoms. The molecule has 0 unspecified atom stereocenters. The first kappa shape index (κ1) is 11.6. The Bertz CT molecular complexity index is 364. The maximum atomic E-state index is 5.90. The van der Waals surface area contributed by atoms with Crippen LogP contribution >= 0.6 is 0 Å². The van der Waals surface area contributed by atoms with Gasteiger partial charge in [0.2, 0.25) is 0 Å². The Hall–Kier alpha value is -1.51. The maximum absolute atomic E-state index is 5.90. The van der Waals surface area contributed by atoms with E-state index in [2.05, 4.69) is 4.99 Å². The molecule has 0 aromatic heterocycles. The van der Waals surface area contributed by atoms with Gasteiger partial charge in [-0.3, -0.25) is 4.99 Å². The molecule has 0 atom stereocenters. The number of hydrogen-bond acceptors (Lipinski definition) is 2. The zero-order valence-electron chi connectivity index (χ0n) is 9.74. The van der Waals surface area contributed by atoms with Gasteiger partial charge in [-0.1, -0.05) is 12.1 Å². The SMILES string of the molecule is COc1cccc(C(N)=NC(C)(C)C)c1. The van der Waals surface area contributed by atoms with Crippen LogP contribution in [-0.4, -0.2) is 18.5 Å². The van der Waals surface area contributed by atoms with Crippen molar-refractivity contribution in [3.05, 3.63) is 29.8 Å². The molecular formula is C12H18N2O. The summed E-state index contributed by atoms with van der Waals surface area (Å²) >= 11 is 0. The van der Waals surface area contributed by atoms with E-state index in [0.29, 0.717) is 5.84 Å². The molecule has 0 aliphatic carbocycles. The third-order valence-corrected chi connectivity index (χ3v) is 1.82. The molecule has 0 saturated heterocycles. The Morgan fingerprint density at radius 1 is 1.33 bits per heavy atom. The summed E-state index contributed by atoms with van der Waals surface area (Å²) in [4.78, 5) is 4.39. The monoisotopic (exact) mass is 206 g/mol. The van der Waals surface area contributed by atoms with Crippen LogP contribution in [0.5, 0.6) is 5.75 Å². The van der Waals surface area contributed by atoms with Gasteiger partial charge in [0.05, 0.1) is 12.6 Å². The van der Waals surface area contributed by atoms with Crippen molar-refractivity contribution >= 4 is 5.84 Å². The van der Waals surface area contributed by atoms with Crippen LogP contribution < -0.4 is 10.5 Å². The molecule has 3 heteroatoms. The summed E-state index contributed by atoms with van der Waals surface area (Å²) in [7, 11) is 1.64. The van der Waals surface area contributed by atoms with Crippen LogP contribution in [0.25, 0.3) is 0 Å². The van der Waals surface area contributed by atoms with Crippen molar-refractivity contribution in [3.8, 4) is 5.75 Å². The number of nitrogens with zero attached hydrogens (tertiary/aromatic N) is 1. The average molecular weight is 206 g/mol. The third kappa shape index (κ3) is 3.62. The number of amidine groups is 1. The van der Waals surface area contributed by atoms with Crippen LogP contribution in [0.4, 0.5) is 0 Å². The fourth-order valence-corrected chi connectivity index (χ4v) is 1.21. The standard InChI is InChI=1S/C12H18N2O/c1-12(2,3)14-11(13)9-6-5-7-10(8-9)15-4/h5-8H,1-4H3,(H2,13,14). The Kier molecular flexibility index (Phi) is 3.35. The number of aliphatic imine (C=N–C) groups is 1. The summed E-state index contributed by atoms with van der Waals surface area (Å²) < 4.78 is 5.12. The van der Waals surface area contributed by atoms with Crippen LogP contribution in [0.1, 0.15) is 26.3 Å². The van der Waals surface area contributed by atoms with Crippen molar-refractivity contribution < 1.29 is 4.74 Å². The largest absolute Gasteiger partial charge is 0.497 e. The highest BCUT2D eigenvalue weighted by Gasteiger charge is 2.09. The van der Waals surface area contributed by atoms with E-state index in [1.54, 1.807) is 7.11 Å². The molecule has 0 saturated carbocycles. The minimum atomic E-state index is -0.160. The van der Waals surface area contributed by atoms with Crippen LogP contribution in [0.3, 0.4) is 0 Å². The van der Waals surface area contributed by atoms with Crippen LogP contribution in [0.2, 0.25) is 0 Å². The van der Waals surface area contributed by atoms with Gasteiger partial charge in [0.25, 0.3) is 0 Å². The molecule has 82 valence electrons. The van der Waals surface area contributed by atoms with Crippen molar-refractivity contribution in [2.45, 2.75) is 26.3 Å². The molecule has 0 aliphatic heterocycles. The first-order valence-electron chi connectivity index (χ1n) is 4.92. The van der Waals surface area contributed by atoms with Gasteiger partial charge in [-0.15, -0.1) is 0 Å². The number of ether oxygens (including phenoxy) is 1. The van der Waals surface area contributed by atoms with E-state index in [1.807, 2.05) is 45.0 Å². The van der Waals surface area contributed by atoms with E-state index in [9.17, 15) is 0 Å². The normalized spacial score (nSPS) is 12.7. The van der Waals surface area contributed by atoms with Crippen molar-refractivity contribution in [2.75, 3.05) is 7.11 Å². The molecule has 0 bridgehead atoms. The Morgan fingerprint density at radius 2 is 2.00 bits per heavy atom. The molecule has 0 amide bonds. The smallest absolute Gasteiger partial charge is 0.126 e. The van der Waals surface area contributed by atoms with Crippen molar-refractivity contribution in [1.82, 2.24) is 0 Å². The van der Waals surface area contributed by atoms with E-state index < -0.39 is 0 Å². The lowest BCUT2D eigenvalue weighted by Gasteiger charge is -2.14. The van der Waals surface area contributed by atoms with Gasteiger partial charge in [-0.2, -0.15) is 0 Å². The van der Waals surface area contributed by atoms with E-state index >= 15 is 0 Å². The minimum absolute atomic E-state index is 0.160. The molecule has 1 aromatic carbocycles. The molecule has 0 radical (unpaired) electrons. The molecular weight excluding hydrogens is 188 g/mol. The topological polar surface area (TPSA) is 47.6 Å². The average Bonchev–Trinajstić information content (AvgIpc) is 2.15. The summed E-state index contributed by atoms with van der Waals surface area (Å²) in [6.45, 7) is 6.04. The van der Waals surface area contributed by atoms with Gasteiger partial charge in [-0.25, -0.2) is 0 Å². The molecule has 0 spiro atoms. The van der Waals surface area contributed by atoms with Gasteiger partial charge in [0.15, 0.2) is 0 Å². The molecule has 3 nitrogen and oxygen atoms in total. The third-order valence-electron chi connectivity index (χ3n) is 1.82. The molecule has 2 N–H and O–H groups in total. The Morgan fingerprint density at radius 3 is 2.53 bits per heavy atom. The molecule has 1 aromatic rings. The molecule has 0 heterocycles. The maximum Gasteiger partial charge on any atom is 0.126 e. The second-order valence-electron chi connectivity index (χ2n) is 4.40. The Labute approximate surface area is 91.0 Å². The van der Waals surface area contributed by atoms with Crippen LogP contribution in [-0.2, 0) is 0 Å². The zero-order chi connectivity index (χ0) is 11.5. The fraction of sp³-hybridized carbons (Fsp3) is 0.417. The quantitative estimate of drug-likeness (QED) is 0.595. The highest BCUT2D eigenvalue weighted by atomic mass is 16.5. The fourth-order valence-electron chi connectivity index (χ4n) is 1.21. The Balaban J connectivity index is 3.01. The van der Waals surface area contributed by atoms with E-state index in [1.165, 1.54) is 0 Å². The van der Waals surface area contributed by atoms with Crippen molar-refractivity contribution in [1.29, 1.82) is 0 Å². The lowest BCUT2D eigenvalue weighted by molar-refractivity contribution is 0.414. The lowest BCUT2D eigenvalue weighted by atomic mass is 10.1. The second-order valence-corrected chi connectivity index (χ2v) is 4.40. The molecule has 0 fully saturated rings. The van der Waals surface area contributed by atoms with Crippen molar-refractivity contribution in [3.63, 3.8) is 0 Å². The summed E-state index contributed by atoms with van der Waals surface area (Å²) in [6.07, 6.45) is 0. The summed E-state index contributed by atoms with van der Waals surface area (Å²) in [5.74, 6) is 1.33. The van der Waals surface area contributed by atoms with Crippen LogP contribution in [0, 0.1) is 0 Å². The first-order valence-corrected chi connectivity index (χ1v) is 4.92. The number of nitrogens with two attached hydrogens (primary N) is 1. The van der Waals surface area contributed by atoms with Gasteiger partial charge >= 0.3 is 0 Å². The van der Waals surface area contributed by atoms with E-state index in [4.69, 9.17) is 10.5 Å². The highest BCUT2D eigenvalue weighted by Crippen LogP contribution is 2.14. The van der Waals surface area contributed by atoms with Gasteiger partial charge in [0, 0.05) is 5.56 Å². The number of methoxy groups -OCH3 is 1. The molecule has 1 rings (SSSR count). The second kappa shape index (κ2) is 4.34. The molecule has 0 aliphatic rings. The first-order chi connectivity index (χ1) is 6.92. The number of hydrogen-bond donors (Lipinski definition) is 1. The summed E-state index contributed by atoms with van der Waals surface area (Å²) in [6, 6.07) is 7.59. The van der Waals surface area contributed by atoms with Gasteiger partial charge in [-0.05, 0) is 32.9 Å². The van der Waals surface area contributed by atoms with E-state index in [0.717, 1.165) is 11.3 Å². The predicted octanol–water partition coefficient (Wildman–Crippen LogP) is 2.20. The lowest BCUT2D eigenvalue weighted by Crippen LogP contribution is -2.21.